The molecule has 102 valence electrons. The highest BCUT2D eigenvalue weighted by atomic mass is 16.6. The minimum Gasteiger partial charge on any atom is -0.485 e. The number of ether oxygens (including phenoxy) is 2. The van der Waals surface area contributed by atoms with E-state index in [9.17, 15) is 0 Å². The molecule has 0 aliphatic carbocycles. The van der Waals surface area contributed by atoms with Crippen LogP contribution in [0.2, 0.25) is 0 Å². The van der Waals surface area contributed by atoms with Crippen molar-refractivity contribution in [2.75, 3.05) is 6.61 Å². The SMILES string of the molecule is N/C(=N/O)c1cccc([C@@H]2COc3ccccc3O2)c1. The Balaban J connectivity index is 1.88. The lowest BCUT2D eigenvalue weighted by Gasteiger charge is -2.26. The first-order valence-corrected chi connectivity index (χ1v) is 6.24. The van der Waals surface area contributed by atoms with Crippen molar-refractivity contribution in [2.45, 2.75) is 6.10 Å². The van der Waals surface area contributed by atoms with Gasteiger partial charge in [-0.05, 0) is 23.8 Å². The van der Waals surface area contributed by atoms with E-state index in [4.69, 9.17) is 20.4 Å². The van der Waals surface area contributed by atoms with Gasteiger partial charge in [-0.3, -0.25) is 0 Å². The summed E-state index contributed by atoms with van der Waals surface area (Å²) >= 11 is 0. The Morgan fingerprint density at radius 3 is 2.75 bits per heavy atom. The Bertz CT molecular complexity index is 655. The van der Waals surface area contributed by atoms with Crippen LogP contribution in [0, 0.1) is 0 Å². The molecule has 0 amide bonds. The lowest BCUT2D eigenvalue weighted by atomic mass is 10.1. The second-order valence-electron chi connectivity index (χ2n) is 4.47. The van der Waals surface area contributed by atoms with Crippen molar-refractivity contribution < 1.29 is 14.7 Å². The number of oxime groups is 1. The molecule has 1 atom stereocenters. The number of benzene rings is 2. The lowest BCUT2D eigenvalue weighted by Crippen LogP contribution is -2.22. The highest BCUT2D eigenvalue weighted by molar-refractivity contribution is 5.97. The van der Waals surface area contributed by atoms with E-state index in [0.717, 1.165) is 17.1 Å². The molecule has 0 aromatic heterocycles. The summed E-state index contributed by atoms with van der Waals surface area (Å²) in [6, 6.07) is 14.9. The zero-order valence-corrected chi connectivity index (χ0v) is 10.7. The maximum absolute atomic E-state index is 8.73. The second-order valence-corrected chi connectivity index (χ2v) is 4.47. The molecule has 1 heterocycles. The standard InChI is InChI=1S/C15H14N2O3/c16-15(17-18)11-5-3-4-10(8-11)14-9-19-12-6-1-2-7-13(12)20-14/h1-8,14,18H,9H2,(H2,16,17)/t14-/m0/s1. The minimum atomic E-state index is -0.212. The number of nitrogens with two attached hydrogens (primary N) is 1. The van der Waals surface area contributed by atoms with Crippen LogP contribution in [0.5, 0.6) is 11.5 Å². The second kappa shape index (κ2) is 5.13. The molecule has 3 rings (SSSR count). The van der Waals surface area contributed by atoms with Crippen molar-refractivity contribution >= 4 is 5.84 Å². The van der Waals surface area contributed by atoms with Crippen LogP contribution in [0.3, 0.4) is 0 Å². The third kappa shape index (κ3) is 2.25. The van der Waals surface area contributed by atoms with E-state index >= 15 is 0 Å². The summed E-state index contributed by atoms with van der Waals surface area (Å²) < 4.78 is 11.6. The van der Waals surface area contributed by atoms with Crippen molar-refractivity contribution in [3.63, 3.8) is 0 Å². The Hall–Kier alpha value is -2.69. The molecule has 0 radical (unpaired) electrons. The van der Waals surface area contributed by atoms with Gasteiger partial charge in [0.05, 0.1) is 0 Å². The van der Waals surface area contributed by atoms with Crippen LogP contribution in [0.15, 0.2) is 53.7 Å². The van der Waals surface area contributed by atoms with Crippen LogP contribution in [-0.2, 0) is 0 Å². The summed E-state index contributed by atoms with van der Waals surface area (Å²) in [6.45, 7) is 0.427. The Morgan fingerprint density at radius 2 is 1.95 bits per heavy atom. The van der Waals surface area contributed by atoms with Crippen LogP contribution < -0.4 is 15.2 Å². The summed E-state index contributed by atoms with van der Waals surface area (Å²) in [5, 5.41) is 11.7. The normalized spacial score (nSPS) is 17.8. The monoisotopic (exact) mass is 270 g/mol. The molecule has 5 heteroatoms. The predicted molar refractivity (Wildman–Crippen MR) is 74.3 cm³/mol. The largest absolute Gasteiger partial charge is 0.485 e. The molecular weight excluding hydrogens is 256 g/mol. The van der Waals surface area contributed by atoms with Gasteiger partial charge in [-0.25, -0.2) is 0 Å². The highest BCUT2D eigenvalue weighted by Gasteiger charge is 2.22. The van der Waals surface area contributed by atoms with E-state index in [-0.39, 0.29) is 11.9 Å². The Morgan fingerprint density at radius 1 is 1.15 bits per heavy atom. The first-order chi connectivity index (χ1) is 9.78. The van der Waals surface area contributed by atoms with E-state index in [1.54, 1.807) is 6.07 Å². The van der Waals surface area contributed by atoms with Crippen molar-refractivity contribution in [3.05, 3.63) is 59.7 Å². The van der Waals surface area contributed by atoms with Gasteiger partial charge in [0.15, 0.2) is 23.4 Å². The zero-order valence-electron chi connectivity index (χ0n) is 10.7. The Labute approximate surface area is 116 Å². The first-order valence-electron chi connectivity index (χ1n) is 6.24. The van der Waals surface area contributed by atoms with Gasteiger partial charge in [0, 0.05) is 5.56 Å². The summed E-state index contributed by atoms with van der Waals surface area (Å²) in [7, 11) is 0. The van der Waals surface area contributed by atoms with Crippen LogP contribution >= 0.6 is 0 Å². The third-order valence-electron chi connectivity index (χ3n) is 3.17. The zero-order chi connectivity index (χ0) is 13.9. The van der Waals surface area contributed by atoms with E-state index in [1.165, 1.54) is 0 Å². The van der Waals surface area contributed by atoms with Gasteiger partial charge in [0.1, 0.15) is 6.61 Å². The maximum Gasteiger partial charge on any atom is 0.170 e. The van der Waals surface area contributed by atoms with E-state index in [0.29, 0.717) is 12.2 Å². The molecule has 0 bridgehead atoms. The highest BCUT2D eigenvalue weighted by Crippen LogP contribution is 2.35. The van der Waals surface area contributed by atoms with Crippen LogP contribution in [-0.4, -0.2) is 17.6 Å². The van der Waals surface area contributed by atoms with Crippen molar-refractivity contribution in [2.24, 2.45) is 10.9 Å². The van der Waals surface area contributed by atoms with Crippen LogP contribution in [0.1, 0.15) is 17.2 Å². The molecular formula is C15H14N2O3. The number of amidine groups is 1. The molecule has 3 N–H and O–H groups in total. The molecule has 2 aromatic rings. The van der Waals surface area contributed by atoms with Crippen LogP contribution in [0.4, 0.5) is 0 Å². The van der Waals surface area contributed by atoms with Gasteiger partial charge in [0.2, 0.25) is 0 Å². The maximum atomic E-state index is 8.73. The topological polar surface area (TPSA) is 77.1 Å². The summed E-state index contributed by atoms with van der Waals surface area (Å²) in [6.07, 6.45) is -0.212. The number of para-hydroxylation sites is 2. The first kappa shape index (κ1) is 12.3. The number of nitrogens with zero attached hydrogens (tertiary/aromatic N) is 1. The molecule has 1 aliphatic heterocycles. The summed E-state index contributed by atoms with van der Waals surface area (Å²) in [5.41, 5.74) is 7.16. The number of fused-ring (bicyclic) bond motifs is 1. The molecule has 0 saturated carbocycles. The Kier molecular flexibility index (Phi) is 3.16. The van der Waals surface area contributed by atoms with Gasteiger partial charge >= 0.3 is 0 Å². The molecule has 0 spiro atoms. The van der Waals surface area contributed by atoms with Crippen molar-refractivity contribution in [1.29, 1.82) is 0 Å². The average molecular weight is 270 g/mol. The van der Waals surface area contributed by atoms with Gasteiger partial charge in [-0.1, -0.05) is 35.5 Å². The van der Waals surface area contributed by atoms with Gasteiger partial charge in [-0.15, -0.1) is 0 Å². The van der Waals surface area contributed by atoms with Gasteiger partial charge in [-0.2, -0.15) is 0 Å². The average Bonchev–Trinajstić information content (AvgIpc) is 2.53. The molecule has 1 aliphatic rings. The summed E-state index contributed by atoms with van der Waals surface area (Å²) in [5.74, 6) is 1.54. The van der Waals surface area contributed by atoms with E-state index in [2.05, 4.69) is 5.16 Å². The summed E-state index contributed by atoms with van der Waals surface area (Å²) in [4.78, 5) is 0. The van der Waals surface area contributed by atoms with E-state index < -0.39 is 0 Å². The quantitative estimate of drug-likeness (QED) is 0.380. The lowest BCUT2D eigenvalue weighted by molar-refractivity contribution is 0.0913. The number of hydrogen-bond acceptors (Lipinski definition) is 4. The molecule has 0 fully saturated rings. The van der Waals surface area contributed by atoms with E-state index in [1.807, 2.05) is 42.5 Å². The number of hydrogen-bond donors (Lipinski definition) is 2. The molecule has 20 heavy (non-hydrogen) atoms. The molecule has 2 aromatic carbocycles. The fourth-order valence-corrected chi connectivity index (χ4v) is 2.14. The fraction of sp³-hybridized carbons (Fsp3) is 0.133. The molecule has 0 unspecified atom stereocenters. The molecule has 5 nitrogen and oxygen atoms in total. The number of rotatable bonds is 2. The predicted octanol–water partition coefficient (Wildman–Crippen LogP) is 2.29. The van der Waals surface area contributed by atoms with Crippen LogP contribution in [0.25, 0.3) is 0 Å². The fourth-order valence-electron chi connectivity index (χ4n) is 2.14. The molecule has 0 saturated heterocycles. The van der Waals surface area contributed by atoms with Crippen molar-refractivity contribution in [3.8, 4) is 11.5 Å². The third-order valence-corrected chi connectivity index (χ3v) is 3.17. The van der Waals surface area contributed by atoms with Crippen molar-refractivity contribution in [1.82, 2.24) is 0 Å². The van der Waals surface area contributed by atoms with Gasteiger partial charge < -0.3 is 20.4 Å². The van der Waals surface area contributed by atoms with Gasteiger partial charge in [0.25, 0.3) is 0 Å². The smallest absolute Gasteiger partial charge is 0.170 e. The minimum absolute atomic E-state index is 0.0731.